The fourth-order valence-corrected chi connectivity index (χ4v) is 3.17. The Hall–Kier alpha value is -3.56. The van der Waals surface area contributed by atoms with E-state index < -0.39 is 24.0 Å². The summed E-state index contributed by atoms with van der Waals surface area (Å²) in [5.41, 5.74) is 2.09. The minimum atomic E-state index is -0.851. The fraction of sp³-hybridized carbons (Fsp3) is 0.400. The first-order valence-electron chi connectivity index (χ1n) is 9.56. The van der Waals surface area contributed by atoms with E-state index in [1.807, 2.05) is 19.9 Å². The largest absolute Gasteiger partial charge is 0.467 e. The van der Waals surface area contributed by atoms with Crippen LogP contribution in [0.5, 0.6) is 0 Å². The minimum absolute atomic E-state index is 0.0950. The summed E-state index contributed by atoms with van der Waals surface area (Å²) in [6.07, 6.45) is 1.53. The van der Waals surface area contributed by atoms with Crippen LogP contribution in [0.3, 0.4) is 0 Å². The maximum atomic E-state index is 12.6. The van der Waals surface area contributed by atoms with E-state index in [0.717, 1.165) is 11.4 Å². The fourth-order valence-electron chi connectivity index (χ4n) is 3.17. The van der Waals surface area contributed by atoms with Gasteiger partial charge in [0, 0.05) is 5.69 Å². The van der Waals surface area contributed by atoms with Gasteiger partial charge < -0.3 is 24.5 Å². The van der Waals surface area contributed by atoms with E-state index in [0.29, 0.717) is 12.3 Å². The second kappa shape index (κ2) is 9.29. The number of amides is 2. The SMILES string of the molecule is CCOC(=O)C1=C(COC(=O)CCn2nc(C)cc2C)NC(=O)NC1c1ccco1. The number of urea groups is 1. The summed E-state index contributed by atoms with van der Waals surface area (Å²) in [5, 5.41) is 9.46. The van der Waals surface area contributed by atoms with Crippen LogP contribution in [0, 0.1) is 13.8 Å². The smallest absolute Gasteiger partial charge is 0.338 e. The maximum Gasteiger partial charge on any atom is 0.338 e. The van der Waals surface area contributed by atoms with Crippen LogP contribution in [0.15, 0.2) is 40.1 Å². The number of ether oxygens (including phenoxy) is 2. The first-order valence-corrected chi connectivity index (χ1v) is 9.56. The number of nitrogens with zero attached hydrogens (tertiary/aromatic N) is 2. The topological polar surface area (TPSA) is 125 Å². The van der Waals surface area contributed by atoms with Gasteiger partial charge in [0.15, 0.2) is 0 Å². The molecule has 1 unspecified atom stereocenters. The van der Waals surface area contributed by atoms with Crippen LogP contribution >= 0.6 is 0 Å². The van der Waals surface area contributed by atoms with E-state index in [1.54, 1.807) is 23.7 Å². The Balaban J connectivity index is 1.73. The molecule has 2 aromatic rings. The zero-order valence-corrected chi connectivity index (χ0v) is 17.1. The van der Waals surface area contributed by atoms with Crippen LogP contribution in [0.1, 0.15) is 36.5 Å². The van der Waals surface area contributed by atoms with E-state index >= 15 is 0 Å². The summed E-state index contributed by atoms with van der Waals surface area (Å²) in [6, 6.07) is 3.80. The zero-order chi connectivity index (χ0) is 21.7. The number of furan rings is 1. The predicted octanol–water partition coefficient (Wildman–Crippen LogP) is 1.90. The van der Waals surface area contributed by atoms with Crippen molar-refractivity contribution < 1.29 is 28.3 Å². The van der Waals surface area contributed by atoms with Crippen molar-refractivity contribution in [1.29, 1.82) is 0 Å². The molecule has 0 saturated heterocycles. The molecular weight excluding hydrogens is 392 g/mol. The van der Waals surface area contributed by atoms with E-state index in [1.165, 1.54) is 6.26 Å². The van der Waals surface area contributed by atoms with Crippen LogP contribution in [-0.2, 0) is 25.6 Å². The normalized spacial score (nSPS) is 16.1. The summed E-state index contributed by atoms with van der Waals surface area (Å²) in [6.45, 7) is 5.69. The van der Waals surface area contributed by atoms with Gasteiger partial charge >= 0.3 is 18.0 Å². The monoisotopic (exact) mass is 416 g/mol. The third-order valence-corrected chi connectivity index (χ3v) is 4.49. The second-order valence-electron chi connectivity index (χ2n) is 6.72. The van der Waals surface area contributed by atoms with E-state index in [9.17, 15) is 14.4 Å². The molecule has 10 heteroatoms. The summed E-state index contributed by atoms with van der Waals surface area (Å²) >= 11 is 0. The highest BCUT2D eigenvalue weighted by molar-refractivity contribution is 5.95. The molecule has 0 spiro atoms. The Bertz CT molecular complexity index is 960. The highest BCUT2D eigenvalue weighted by atomic mass is 16.5. The Labute approximate surface area is 173 Å². The van der Waals surface area contributed by atoms with Crippen molar-refractivity contribution in [3.8, 4) is 0 Å². The Kier molecular flexibility index (Phi) is 6.55. The minimum Gasteiger partial charge on any atom is -0.467 e. The van der Waals surface area contributed by atoms with Gasteiger partial charge in [-0.05, 0) is 39.0 Å². The number of hydrogen-bond acceptors (Lipinski definition) is 7. The van der Waals surface area contributed by atoms with Crippen molar-refractivity contribution in [2.24, 2.45) is 0 Å². The van der Waals surface area contributed by atoms with Gasteiger partial charge in [0.05, 0.1) is 42.8 Å². The van der Waals surface area contributed by atoms with Crippen molar-refractivity contribution in [1.82, 2.24) is 20.4 Å². The molecule has 0 bridgehead atoms. The molecule has 1 atom stereocenters. The van der Waals surface area contributed by atoms with Crippen LogP contribution in [0.25, 0.3) is 0 Å². The van der Waals surface area contributed by atoms with Crippen LogP contribution in [0.4, 0.5) is 4.79 Å². The van der Waals surface area contributed by atoms with Gasteiger partial charge in [-0.2, -0.15) is 5.10 Å². The predicted molar refractivity (Wildman–Crippen MR) is 104 cm³/mol. The quantitative estimate of drug-likeness (QED) is 0.630. The zero-order valence-electron chi connectivity index (χ0n) is 17.1. The lowest BCUT2D eigenvalue weighted by atomic mass is 10.0. The van der Waals surface area contributed by atoms with Crippen molar-refractivity contribution in [2.75, 3.05) is 13.2 Å². The highest BCUT2D eigenvalue weighted by Crippen LogP contribution is 2.28. The van der Waals surface area contributed by atoms with E-state index in [-0.39, 0.29) is 30.9 Å². The first kappa shape index (κ1) is 21.2. The van der Waals surface area contributed by atoms with Crippen molar-refractivity contribution in [2.45, 2.75) is 39.8 Å². The molecule has 2 amide bonds. The molecule has 10 nitrogen and oxygen atoms in total. The molecule has 2 aromatic heterocycles. The molecule has 160 valence electrons. The Morgan fingerprint density at radius 1 is 1.30 bits per heavy atom. The molecule has 2 N–H and O–H groups in total. The lowest BCUT2D eigenvalue weighted by molar-refractivity contribution is -0.144. The van der Waals surface area contributed by atoms with Crippen molar-refractivity contribution >= 4 is 18.0 Å². The number of carbonyl (C=O) groups excluding carboxylic acids is 3. The molecule has 1 aliphatic heterocycles. The molecule has 0 saturated carbocycles. The molecule has 0 radical (unpaired) electrons. The lowest BCUT2D eigenvalue weighted by Gasteiger charge is -2.27. The van der Waals surface area contributed by atoms with Crippen molar-refractivity contribution in [3.05, 3.63) is 52.9 Å². The molecule has 3 rings (SSSR count). The van der Waals surface area contributed by atoms with Gasteiger partial charge in [-0.1, -0.05) is 0 Å². The summed E-state index contributed by atoms with van der Waals surface area (Å²) in [5.74, 6) is -0.762. The van der Waals surface area contributed by atoms with Gasteiger partial charge in [0.2, 0.25) is 0 Å². The number of hydrogen-bond donors (Lipinski definition) is 2. The lowest BCUT2D eigenvalue weighted by Crippen LogP contribution is -2.47. The average Bonchev–Trinajstić information content (AvgIpc) is 3.33. The van der Waals surface area contributed by atoms with Crippen LogP contribution < -0.4 is 10.6 Å². The number of nitrogens with one attached hydrogen (secondary N) is 2. The van der Waals surface area contributed by atoms with Gasteiger partial charge in [-0.25, -0.2) is 9.59 Å². The Morgan fingerprint density at radius 3 is 2.73 bits per heavy atom. The highest BCUT2D eigenvalue weighted by Gasteiger charge is 2.35. The number of aryl methyl sites for hydroxylation is 3. The molecule has 0 aliphatic carbocycles. The summed E-state index contributed by atoms with van der Waals surface area (Å²) in [7, 11) is 0. The number of carbonyl (C=O) groups is 3. The third-order valence-electron chi connectivity index (χ3n) is 4.49. The standard InChI is InChI=1S/C20H24N4O6/c1-4-28-19(26)17-14(21-20(27)22-18(17)15-6-5-9-29-15)11-30-16(25)7-8-24-13(3)10-12(2)23-24/h5-6,9-10,18H,4,7-8,11H2,1-3H3,(H2,21,22,27). The van der Waals surface area contributed by atoms with Crippen LogP contribution in [-0.4, -0.2) is 41.0 Å². The molecule has 3 heterocycles. The van der Waals surface area contributed by atoms with Gasteiger partial charge in [0.1, 0.15) is 18.4 Å². The molecule has 30 heavy (non-hydrogen) atoms. The number of aromatic nitrogens is 2. The number of rotatable bonds is 8. The number of esters is 2. The summed E-state index contributed by atoms with van der Waals surface area (Å²) in [4.78, 5) is 36.9. The first-order chi connectivity index (χ1) is 14.4. The average molecular weight is 416 g/mol. The van der Waals surface area contributed by atoms with Gasteiger partial charge in [0.25, 0.3) is 0 Å². The van der Waals surface area contributed by atoms with Crippen molar-refractivity contribution in [3.63, 3.8) is 0 Å². The summed E-state index contributed by atoms with van der Waals surface area (Å²) < 4.78 is 17.5. The second-order valence-corrected chi connectivity index (χ2v) is 6.72. The third kappa shape index (κ3) is 4.88. The molecule has 1 aliphatic rings. The maximum absolute atomic E-state index is 12.6. The van der Waals surface area contributed by atoms with E-state index in [2.05, 4.69) is 15.7 Å². The molecular formula is C20H24N4O6. The van der Waals surface area contributed by atoms with Gasteiger partial charge in [-0.3, -0.25) is 9.48 Å². The molecule has 0 fully saturated rings. The van der Waals surface area contributed by atoms with E-state index in [4.69, 9.17) is 13.9 Å². The van der Waals surface area contributed by atoms with Crippen LogP contribution in [0.2, 0.25) is 0 Å². The Morgan fingerprint density at radius 2 is 2.10 bits per heavy atom. The molecule has 0 aromatic carbocycles. The van der Waals surface area contributed by atoms with Gasteiger partial charge in [-0.15, -0.1) is 0 Å².